The molecule has 1 N–H and O–H groups in total. The lowest BCUT2D eigenvalue weighted by atomic mass is 9.74. The van der Waals surface area contributed by atoms with Crippen molar-refractivity contribution in [1.82, 2.24) is 14.5 Å². The number of benzene rings is 3. The van der Waals surface area contributed by atoms with Gasteiger partial charge in [-0.1, -0.05) is 42.5 Å². The van der Waals surface area contributed by atoms with Crippen LogP contribution in [0.15, 0.2) is 77.7 Å². The number of sulfonamides is 1. The maximum absolute atomic E-state index is 15.9. The number of halogens is 2. The number of carbonyl (C=O) groups is 3. The number of nitrogens with one attached hydrogen (secondary N) is 1. The molecule has 14 heteroatoms. The van der Waals surface area contributed by atoms with Gasteiger partial charge in [-0.05, 0) is 106 Å². The van der Waals surface area contributed by atoms with Crippen LogP contribution >= 0.6 is 0 Å². The zero-order chi connectivity index (χ0) is 39.9. The third kappa shape index (κ3) is 10.5. The van der Waals surface area contributed by atoms with Gasteiger partial charge in [-0.25, -0.2) is 26.8 Å². The molecular weight excluding hydrogens is 733 g/mol. The molecule has 5 rings (SSSR count). The maximum atomic E-state index is 15.9. The number of carbonyl (C=O) groups excluding carboxylic acids is 3. The highest BCUT2D eigenvalue weighted by molar-refractivity contribution is 7.89. The Bertz CT molecular complexity index is 1900. The molecule has 2 aliphatic heterocycles. The Labute approximate surface area is 322 Å². The molecule has 3 aromatic carbocycles. The molecule has 3 aromatic rings. The molecule has 0 unspecified atom stereocenters. The standard InChI is InChI=1S/C41H51F2N3O8S/c1-27-25-45(40(49)54-41(2,3)4)26-32(46(27)55(50,51)33-11-7-6-8-12-33)18-19-34-30(10-9-13-35(34)43)24-36(47)38(44-39(48)52-5)37(29-20-22-53-23-21-29)28-14-16-31(42)17-15-28/h6-17,27,29,32,37-38H,18-26H2,1-5H3,(H,44,48)/t27-,32-,37-,38+/m0/s1. The zero-order valence-corrected chi connectivity index (χ0v) is 32.8. The smallest absolute Gasteiger partial charge is 0.410 e. The van der Waals surface area contributed by atoms with E-state index in [1.165, 1.54) is 52.7 Å². The van der Waals surface area contributed by atoms with Gasteiger partial charge in [-0.2, -0.15) is 4.31 Å². The van der Waals surface area contributed by atoms with Crippen LogP contribution in [-0.4, -0.2) is 92.7 Å². The molecule has 0 radical (unpaired) electrons. The molecule has 2 heterocycles. The molecular formula is C41H51F2N3O8S. The van der Waals surface area contributed by atoms with Crippen molar-refractivity contribution in [3.05, 3.63) is 101 Å². The largest absolute Gasteiger partial charge is 0.453 e. The second-order valence-electron chi connectivity index (χ2n) is 15.2. The highest BCUT2D eigenvalue weighted by Gasteiger charge is 2.43. The van der Waals surface area contributed by atoms with E-state index < -0.39 is 69.3 Å². The topological polar surface area (TPSA) is 132 Å². The van der Waals surface area contributed by atoms with Gasteiger partial charge < -0.3 is 24.4 Å². The summed E-state index contributed by atoms with van der Waals surface area (Å²) in [6, 6.07) is 15.7. The molecule has 55 heavy (non-hydrogen) atoms. The minimum Gasteiger partial charge on any atom is -0.453 e. The monoisotopic (exact) mass is 783 g/mol. The molecule has 298 valence electrons. The van der Waals surface area contributed by atoms with Gasteiger partial charge in [0.1, 0.15) is 17.2 Å². The summed E-state index contributed by atoms with van der Waals surface area (Å²) in [6.45, 7) is 7.98. The average molecular weight is 784 g/mol. The number of ketones is 1. The van der Waals surface area contributed by atoms with Gasteiger partial charge in [0.2, 0.25) is 10.0 Å². The highest BCUT2D eigenvalue weighted by Crippen LogP contribution is 2.37. The van der Waals surface area contributed by atoms with E-state index in [2.05, 4.69) is 5.32 Å². The third-order valence-corrected chi connectivity index (χ3v) is 12.3. The Balaban J connectivity index is 1.46. The molecule has 0 bridgehead atoms. The minimum atomic E-state index is -4.04. The van der Waals surface area contributed by atoms with E-state index in [-0.39, 0.29) is 48.7 Å². The number of ether oxygens (including phenoxy) is 3. The van der Waals surface area contributed by atoms with Crippen LogP contribution in [0.5, 0.6) is 0 Å². The van der Waals surface area contributed by atoms with E-state index >= 15 is 4.39 Å². The van der Waals surface area contributed by atoms with Gasteiger partial charge >= 0.3 is 12.2 Å². The maximum Gasteiger partial charge on any atom is 0.410 e. The number of piperazine rings is 1. The van der Waals surface area contributed by atoms with Gasteiger partial charge in [0.25, 0.3) is 0 Å². The summed E-state index contributed by atoms with van der Waals surface area (Å²) < 4.78 is 75.7. The van der Waals surface area contributed by atoms with E-state index in [0.717, 1.165) is 0 Å². The van der Waals surface area contributed by atoms with Crippen LogP contribution in [0.25, 0.3) is 0 Å². The first-order chi connectivity index (χ1) is 26.1. The second kappa shape index (κ2) is 18.0. The van der Waals surface area contributed by atoms with Crippen LogP contribution in [0.3, 0.4) is 0 Å². The van der Waals surface area contributed by atoms with Gasteiger partial charge in [0.05, 0.1) is 18.0 Å². The predicted octanol–water partition coefficient (Wildman–Crippen LogP) is 6.64. The first kappa shape index (κ1) is 41.8. The molecule has 2 aliphatic rings. The molecule has 2 fully saturated rings. The molecule has 0 aromatic heterocycles. The van der Waals surface area contributed by atoms with Crippen LogP contribution in [0.4, 0.5) is 18.4 Å². The third-order valence-electron chi connectivity index (χ3n) is 10.2. The fourth-order valence-electron chi connectivity index (χ4n) is 7.72. The van der Waals surface area contributed by atoms with Crippen LogP contribution in [0, 0.1) is 17.6 Å². The molecule has 0 saturated carbocycles. The number of hydrogen-bond donors (Lipinski definition) is 1. The Hall–Kier alpha value is -4.40. The summed E-state index contributed by atoms with van der Waals surface area (Å²) in [5, 5.41) is 2.73. The van der Waals surface area contributed by atoms with Crippen LogP contribution in [0.1, 0.15) is 69.6 Å². The SMILES string of the molecule is COC(=O)N[C@H](C(=O)Cc1cccc(F)c1CC[C@H]1CN(C(=O)OC(C)(C)C)C[C@H](C)N1S(=O)(=O)c1ccccc1)[C@@H](c1ccc(F)cc1)C1CCOCC1. The van der Waals surface area contributed by atoms with E-state index in [1.54, 1.807) is 64.1 Å². The van der Waals surface area contributed by atoms with Crippen LogP contribution in [0.2, 0.25) is 0 Å². The number of amides is 2. The summed E-state index contributed by atoms with van der Waals surface area (Å²) in [5.41, 5.74) is 0.467. The van der Waals surface area contributed by atoms with Crippen molar-refractivity contribution in [2.24, 2.45) is 5.92 Å². The Morgan fingerprint density at radius 1 is 0.945 bits per heavy atom. The number of nitrogens with zero attached hydrogens (tertiary/aromatic N) is 2. The van der Waals surface area contributed by atoms with Gasteiger partial charge in [0, 0.05) is 50.7 Å². The summed E-state index contributed by atoms with van der Waals surface area (Å²) in [5.74, 6) is -2.09. The van der Waals surface area contributed by atoms with Crippen molar-refractivity contribution in [3.63, 3.8) is 0 Å². The Kier molecular flexibility index (Phi) is 13.7. The normalized spacial score (nSPS) is 19.7. The number of rotatable bonds is 12. The summed E-state index contributed by atoms with van der Waals surface area (Å²) in [6.07, 6.45) is -0.320. The quantitative estimate of drug-likeness (QED) is 0.216. The highest BCUT2D eigenvalue weighted by atomic mass is 32.2. The van der Waals surface area contributed by atoms with E-state index in [0.29, 0.717) is 37.2 Å². The lowest BCUT2D eigenvalue weighted by Gasteiger charge is -2.44. The first-order valence-corrected chi connectivity index (χ1v) is 20.1. The fraction of sp³-hybridized carbons (Fsp3) is 0.488. The number of Topliss-reactive ketones (excluding diaryl/α,β-unsaturated/α-hetero) is 1. The molecule has 2 saturated heterocycles. The lowest BCUT2D eigenvalue weighted by molar-refractivity contribution is -0.121. The Morgan fingerprint density at radius 2 is 1.62 bits per heavy atom. The van der Waals surface area contributed by atoms with Gasteiger partial charge in [0.15, 0.2) is 5.78 Å². The Morgan fingerprint density at radius 3 is 2.25 bits per heavy atom. The molecule has 0 aliphatic carbocycles. The van der Waals surface area contributed by atoms with Crippen molar-refractivity contribution < 1.29 is 45.8 Å². The molecule has 0 spiro atoms. The van der Waals surface area contributed by atoms with Crippen LogP contribution in [-0.2, 0) is 41.9 Å². The predicted molar refractivity (Wildman–Crippen MR) is 202 cm³/mol. The summed E-state index contributed by atoms with van der Waals surface area (Å²) in [4.78, 5) is 42.0. The number of alkyl carbamates (subject to hydrolysis) is 1. The number of methoxy groups -OCH3 is 1. The van der Waals surface area contributed by atoms with Crippen LogP contribution < -0.4 is 5.32 Å². The first-order valence-electron chi connectivity index (χ1n) is 18.6. The summed E-state index contributed by atoms with van der Waals surface area (Å²) in [7, 11) is -2.85. The van der Waals surface area contributed by atoms with Crippen molar-refractivity contribution in [2.45, 2.75) is 94.3 Å². The lowest BCUT2D eigenvalue weighted by Crippen LogP contribution is -2.61. The van der Waals surface area contributed by atoms with Crippen molar-refractivity contribution in [3.8, 4) is 0 Å². The van der Waals surface area contributed by atoms with Crippen molar-refractivity contribution in [2.75, 3.05) is 33.4 Å². The van der Waals surface area contributed by atoms with Crippen molar-refractivity contribution in [1.29, 1.82) is 0 Å². The molecule has 11 nitrogen and oxygen atoms in total. The van der Waals surface area contributed by atoms with Crippen molar-refractivity contribution >= 4 is 28.0 Å². The number of hydrogen-bond acceptors (Lipinski definition) is 8. The minimum absolute atomic E-state index is 0.00358. The molecule has 2 amide bonds. The second-order valence-corrected chi connectivity index (χ2v) is 17.1. The fourth-order valence-corrected chi connectivity index (χ4v) is 9.57. The average Bonchev–Trinajstić information content (AvgIpc) is 3.14. The summed E-state index contributed by atoms with van der Waals surface area (Å²) >= 11 is 0. The zero-order valence-electron chi connectivity index (χ0n) is 32.0. The van der Waals surface area contributed by atoms with E-state index in [9.17, 15) is 27.2 Å². The van der Waals surface area contributed by atoms with Gasteiger partial charge in [-0.3, -0.25) is 4.79 Å². The molecule has 4 atom stereocenters. The van der Waals surface area contributed by atoms with Gasteiger partial charge in [-0.15, -0.1) is 0 Å². The van der Waals surface area contributed by atoms with E-state index in [4.69, 9.17) is 14.2 Å². The van der Waals surface area contributed by atoms with E-state index in [1.807, 2.05) is 0 Å².